The first kappa shape index (κ1) is 51.9. The Morgan fingerprint density at radius 2 is 1.35 bits per heavy atom. The average molecular weight is 987 g/mol. The standard InChI is InChI=1S/C48H74O21/c1-19(50)64-31-13-21(12-20-6-7-22-24-8-9-25(46(24,3)11-10-26(22)47(20,31)4)23-14-45(2)15-27(23)69-44(60)48(45,5)61)65-42-39(58)36(55)34(53)30(68-42)18-63-43-40(37(56)32(51)28(16-49)67-43)62-17-29-33(52)35(54)38(57)41(59)66-29/h6,21-43,49,51-59,61H,7-18H2,1-5H3. The van der Waals surface area contributed by atoms with Crippen molar-refractivity contribution in [1.82, 2.24) is 0 Å². The highest BCUT2D eigenvalue weighted by Gasteiger charge is 2.68. The van der Waals surface area contributed by atoms with Gasteiger partial charge in [0.2, 0.25) is 0 Å². The van der Waals surface area contributed by atoms with Gasteiger partial charge in [-0.2, -0.15) is 0 Å². The molecule has 0 radical (unpaired) electrons. The fourth-order valence-corrected chi connectivity index (χ4v) is 14.8. The van der Waals surface area contributed by atoms with Gasteiger partial charge in [-0.3, -0.25) is 4.79 Å². The molecular weight excluding hydrogens is 913 g/mol. The van der Waals surface area contributed by atoms with Crippen LogP contribution >= 0.6 is 0 Å². The summed E-state index contributed by atoms with van der Waals surface area (Å²) in [4.78, 5) is 25.8. The monoisotopic (exact) mass is 986 g/mol. The quantitative estimate of drug-likeness (QED) is 0.0790. The molecule has 2 bridgehead atoms. The Balaban J connectivity index is 0.877. The van der Waals surface area contributed by atoms with Gasteiger partial charge in [0.25, 0.3) is 0 Å². The highest BCUT2D eigenvalue weighted by molar-refractivity contribution is 5.81. The van der Waals surface area contributed by atoms with E-state index < -0.39 is 153 Å². The largest absolute Gasteiger partial charge is 0.462 e. The maximum Gasteiger partial charge on any atom is 0.338 e. The molecule has 0 aromatic rings. The van der Waals surface area contributed by atoms with Crippen LogP contribution < -0.4 is 0 Å². The van der Waals surface area contributed by atoms with Gasteiger partial charge in [-0.15, -0.1) is 0 Å². The summed E-state index contributed by atoms with van der Waals surface area (Å²) in [6, 6.07) is 0. The molecule has 69 heavy (non-hydrogen) atoms. The van der Waals surface area contributed by atoms with Gasteiger partial charge < -0.3 is 94.1 Å². The van der Waals surface area contributed by atoms with E-state index in [0.29, 0.717) is 30.6 Å². The lowest BCUT2D eigenvalue weighted by atomic mass is 9.46. The molecule has 4 saturated carbocycles. The number of carbonyl (C=O) groups excluding carboxylic acids is 2. The summed E-state index contributed by atoms with van der Waals surface area (Å²) < 4.78 is 47.1. The number of aliphatic hydroxyl groups excluding tert-OH is 10. The van der Waals surface area contributed by atoms with Gasteiger partial charge in [-0.05, 0) is 93.3 Å². The van der Waals surface area contributed by atoms with Crippen molar-refractivity contribution in [2.75, 3.05) is 19.8 Å². The fourth-order valence-electron chi connectivity index (χ4n) is 14.8. The summed E-state index contributed by atoms with van der Waals surface area (Å²) in [6.45, 7) is 7.61. The first-order chi connectivity index (χ1) is 32.4. The van der Waals surface area contributed by atoms with Crippen molar-refractivity contribution < 1.29 is 104 Å². The summed E-state index contributed by atoms with van der Waals surface area (Å²) in [7, 11) is 0. The van der Waals surface area contributed by atoms with Crippen LogP contribution in [0, 0.1) is 45.8 Å². The Morgan fingerprint density at radius 1 is 0.725 bits per heavy atom. The van der Waals surface area contributed by atoms with E-state index in [4.69, 9.17) is 37.9 Å². The molecule has 4 aliphatic heterocycles. The molecular formula is C48H74O21. The van der Waals surface area contributed by atoms with E-state index in [9.17, 15) is 65.8 Å². The van der Waals surface area contributed by atoms with Crippen LogP contribution in [-0.2, 0) is 47.5 Å². The van der Waals surface area contributed by atoms with E-state index in [1.165, 1.54) is 6.92 Å². The zero-order valence-electron chi connectivity index (χ0n) is 39.8. The summed E-state index contributed by atoms with van der Waals surface area (Å²) in [5, 5.41) is 117. The van der Waals surface area contributed by atoms with Crippen molar-refractivity contribution in [2.45, 2.75) is 208 Å². The van der Waals surface area contributed by atoms with E-state index in [1.54, 1.807) is 6.92 Å². The molecule has 9 aliphatic rings. The fraction of sp³-hybridized carbons (Fsp3) is 0.917. The number of ether oxygens (including phenoxy) is 8. The van der Waals surface area contributed by atoms with Crippen molar-refractivity contribution in [1.29, 1.82) is 0 Å². The van der Waals surface area contributed by atoms with E-state index in [0.717, 1.165) is 44.1 Å². The van der Waals surface area contributed by atoms with E-state index in [-0.39, 0.29) is 29.8 Å². The number of carbonyl (C=O) groups is 2. The second kappa shape index (κ2) is 19.0. The Hall–Kier alpha value is -2.00. The molecule has 5 aliphatic carbocycles. The van der Waals surface area contributed by atoms with Crippen LogP contribution in [0.1, 0.15) is 92.4 Å². The smallest absolute Gasteiger partial charge is 0.338 e. The number of aliphatic hydroxyl groups is 11. The molecule has 27 unspecified atom stereocenters. The number of fused-ring (bicyclic) bond motifs is 7. The molecule has 27 atom stereocenters. The second-order valence-electron chi connectivity index (χ2n) is 22.7. The predicted molar refractivity (Wildman–Crippen MR) is 231 cm³/mol. The highest BCUT2D eigenvalue weighted by atomic mass is 16.7. The average Bonchev–Trinajstić information content (AvgIpc) is 3.81. The Labute approximate surface area is 400 Å². The maximum absolute atomic E-state index is 13.0. The van der Waals surface area contributed by atoms with Gasteiger partial charge >= 0.3 is 11.9 Å². The van der Waals surface area contributed by atoms with Gasteiger partial charge in [0.15, 0.2) is 24.5 Å². The van der Waals surface area contributed by atoms with Gasteiger partial charge in [0, 0.05) is 24.2 Å². The predicted octanol–water partition coefficient (Wildman–Crippen LogP) is -1.97. The zero-order valence-corrected chi connectivity index (χ0v) is 39.8. The van der Waals surface area contributed by atoms with Crippen molar-refractivity contribution in [3.63, 3.8) is 0 Å². The molecule has 0 aromatic carbocycles. The molecule has 392 valence electrons. The van der Waals surface area contributed by atoms with Crippen LogP contribution in [0.25, 0.3) is 0 Å². The van der Waals surface area contributed by atoms with Gasteiger partial charge in [0.1, 0.15) is 85.5 Å². The van der Waals surface area contributed by atoms with Crippen molar-refractivity contribution in [3.05, 3.63) is 11.6 Å². The van der Waals surface area contributed by atoms with Crippen LogP contribution in [0.15, 0.2) is 11.6 Å². The number of allylic oxidation sites excluding steroid dienone is 1. The maximum atomic E-state index is 13.0. The minimum Gasteiger partial charge on any atom is -0.462 e. The van der Waals surface area contributed by atoms with Gasteiger partial charge in [-0.1, -0.05) is 32.4 Å². The first-order valence-corrected chi connectivity index (χ1v) is 24.8. The Bertz CT molecular complexity index is 1920. The van der Waals surface area contributed by atoms with E-state index in [1.807, 2.05) is 6.92 Å². The molecule has 4 heterocycles. The number of hydrogen-bond donors (Lipinski definition) is 11. The molecule has 11 N–H and O–H groups in total. The zero-order chi connectivity index (χ0) is 49.9. The van der Waals surface area contributed by atoms with Crippen LogP contribution in [0.4, 0.5) is 0 Å². The van der Waals surface area contributed by atoms with Crippen molar-refractivity contribution in [3.8, 4) is 0 Å². The third-order valence-electron chi connectivity index (χ3n) is 19.1. The lowest BCUT2D eigenvalue weighted by Crippen LogP contribution is -2.63. The normalized spacial score (nSPS) is 55.0. The minimum atomic E-state index is -1.88. The van der Waals surface area contributed by atoms with Gasteiger partial charge in [-0.25, -0.2) is 4.79 Å². The number of hydrogen-bond acceptors (Lipinski definition) is 21. The lowest BCUT2D eigenvalue weighted by molar-refractivity contribution is -0.345. The number of esters is 2. The van der Waals surface area contributed by atoms with Gasteiger partial charge in [0.05, 0.1) is 25.9 Å². The summed E-state index contributed by atoms with van der Waals surface area (Å²) in [5.41, 5.74) is -1.56. The van der Waals surface area contributed by atoms with E-state index in [2.05, 4.69) is 19.9 Å². The molecule has 0 amide bonds. The molecule has 4 saturated heterocycles. The highest BCUT2D eigenvalue weighted by Crippen LogP contribution is 2.70. The lowest BCUT2D eigenvalue weighted by Gasteiger charge is -2.60. The van der Waals surface area contributed by atoms with E-state index >= 15 is 0 Å². The molecule has 0 spiro atoms. The minimum absolute atomic E-state index is 0.0105. The third kappa shape index (κ3) is 8.63. The SMILES string of the molecule is CC(=O)OC1CC(OC2OC(COC3OC(CO)C(O)C(O)C3OCC3OC(O)C(O)C(O)C3O)C(O)C(O)C2O)CC2=CCC3C4CCC(C5CC6(C)CC5OC(=O)C6(C)O)C4(C)CCC3C21C. The topological polar surface area (TPSA) is 331 Å². The van der Waals surface area contributed by atoms with Crippen LogP contribution in [0.2, 0.25) is 0 Å². The van der Waals surface area contributed by atoms with Crippen LogP contribution in [0.5, 0.6) is 0 Å². The Kier molecular flexibility index (Phi) is 14.3. The molecule has 9 rings (SSSR count). The van der Waals surface area contributed by atoms with Crippen LogP contribution in [-0.4, -0.2) is 204 Å². The molecule has 0 aromatic heterocycles. The number of rotatable bonds is 11. The molecule has 21 heteroatoms. The summed E-state index contributed by atoms with van der Waals surface area (Å²) >= 11 is 0. The van der Waals surface area contributed by atoms with Crippen molar-refractivity contribution in [2.24, 2.45) is 45.8 Å². The first-order valence-electron chi connectivity index (χ1n) is 24.8. The third-order valence-corrected chi connectivity index (χ3v) is 19.1. The Morgan fingerprint density at radius 3 is 2.03 bits per heavy atom. The second-order valence-corrected chi connectivity index (χ2v) is 22.7. The molecule has 8 fully saturated rings. The van der Waals surface area contributed by atoms with Crippen LogP contribution in [0.3, 0.4) is 0 Å². The van der Waals surface area contributed by atoms with Crippen molar-refractivity contribution >= 4 is 11.9 Å². The summed E-state index contributed by atoms with van der Waals surface area (Å²) in [6.07, 6.45) is -17.3. The molecule has 21 nitrogen and oxygen atoms in total. The summed E-state index contributed by atoms with van der Waals surface area (Å²) in [5.74, 6) is 0.373.